The third kappa shape index (κ3) is 3.25. The molecule has 1 aromatic carbocycles. The van der Waals surface area contributed by atoms with Crippen LogP contribution in [-0.4, -0.2) is 48.8 Å². The lowest BCUT2D eigenvalue weighted by atomic mass is 10.1. The number of nitrogens with one attached hydrogen (secondary N) is 1. The Balaban J connectivity index is 2.43. The molecule has 0 saturated carbocycles. The summed E-state index contributed by atoms with van der Waals surface area (Å²) in [6.45, 7) is 0.186. The monoisotopic (exact) mass is 376 g/mol. The molecular formula is C12H13BrN2O5S. The van der Waals surface area contributed by atoms with E-state index >= 15 is 0 Å². The number of benzene rings is 1. The highest BCUT2D eigenvalue weighted by atomic mass is 79.9. The first-order chi connectivity index (χ1) is 9.84. The van der Waals surface area contributed by atoms with Crippen molar-refractivity contribution in [2.24, 2.45) is 0 Å². The molecule has 1 aliphatic rings. The number of hydrogen-bond acceptors (Lipinski definition) is 4. The van der Waals surface area contributed by atoms with Crippen LogP contribution in [0.25, 0.3) is 0 Å². The first kappa shape index (κ1) is 15.9. The van der Waals surface area contributed by atoms with E-state index in [2.05, 4.69) is 21.2 Å². The summed E-state index contributed by atoms with van der Waals surface area (Å²) in [7, 11) is -3.96. The maximum Gasteiger partial charge on any atom is 0.305 e. The molecule has 1 aromatic rings. The number of carbonyl (C=O) groups is 2. The smallest absolute Gasteiger partial charge is 0.305 e. The highest BCUT2D eigenvalue weighted by Gasteiger charge is 2.40. The number of amides is 1. The third-order valence-corrected chi connectivity index (χ3v) is 5.99. The summed E-state index contributed by atoms with van der Waals surface area (Å²) in [5.41, 5.74) is 0. The van der Waals surface area contributed by atoms with Gasteiger partial charge < -0.3 is 10.4 Å². The number of aliphatic carboxylic acids is 1. The molecule has 0 aromatic heterocycles. The maximum atomic E-state index is 12.7. The van der Waals surface area contributed by atoms with Gasteiger partial charge in [-0.05, 0) is 28.1 Å². The van der Waals surface area contributed by atoms with E-state index in [1.54, 1.807) is 18.2 Å². The summed E-state index contributed by atoms with van der Waals surface area (Å²) in [5.74, 6) is -1.83. The Labute approximate surface area is 130 Å². The Kier molecular flexibility index (Phi) is 4.64. The van der Waals surface area contributed by atoms with Crippen molar-refractivity contribution in [3.05, 3.63) is 28.7 Å². The second kappa shape index (κ2) is 6.12. The normalized spacial score (nSPS) is 20.0. The minimum absolute atomic E-state index is 0.00934. The first-order valence-corrected chi connectivity index (χ1v) is 8.33. The van der Waals surface area contributed by atoms with Gasteiger partial charge in [0.25, 0.3) is 0 Å². The highest BCUT2D eigenvalue weighted by molar-refractivity contribution is 9.10. The van der Waals surface area contributed by atoms with Gasteiger partial charge in [-0.25, -0.2) is 8.42 Å². The number of rotatable bonds is 4. The number of piperazine rings is 1. The van der Waals surface area contributed by atoms with Crippen LogP contribution in [0.1, 0.15) is 6.42 Å². The minimum Gasteiger partial charge on any atom is -0.481 e. The molecule has 1 amide bonds. The molecule has 114 valence electrons. The van der Waals surface area contributed by atoms with Crippen LogP contribution in [0.15, 0.2) is 33.6 Å². The molecule has 2 rings (SSSR count). The van der Waals surface area contributed by atoms with Crippen LogP contribution in [0.5, 0.6) is 0 Å². The van der Waals surface area contributed by atoms with Crippen LogP contribution >= 0.6 is 15.9 Å². The van der Waals surface area contributed by atoms with Crippen molar-refractivity contribution in [3.63, 3.8) is 0 Å². The number of carbonyl (C=O) groups excluding carboxylic acids is 1. The van der Waals surface area contributed by atoms with E-state index in [0.29, 0.717) is 4.47 Å². The topological polar surface area (TPSA) is 104 Å². The van der Waals surface area contributed by atoms with Gasteiger partial charge >= 0.3 is 5.97 Å². The molecule has 2 N–H and O–H groups in total. The summed E-state index contributed by atoms with van der Waals surface area (Å²) >= 11 is 3.16. The molecule has 1 unspecified atom stereocenters. The Bertz CT molecular complexity index is 676. The maximum absolute atomic E-state index is 12.7. The summed E-state index contributed by atoms with van der Waals surface area (Å²) < 4.78 is 26.6. The SMILES string of the molecule is O=C(O)CC1C(=O)NCCN1S(=O)(=O)c1ccccc1Br. The minimum atomic E-state index is -3.96. The molecule has 0 aliphatic carbocycles. The molecule has 1 aliphatic heterocycles. The van der Waals surface area contributed by atoms with Crippen LogP contribution < -0.4 is 5.32 Å². The van der Waals surface area contributed by atoms with E-state index in [-0.39, 0.29) is 18.0 Å². The van der Waals surface area contributed by atoms with Crippen molar-refractivity contribution >= 4 is 37.8 Å². The number of nitrogens with zero attached hydrogens (tertiary/aromatic N) is 1. The summed E-state index contributed by atoms with van der Waals surface area (Å²) in [6.07, 6.45) is -0.574. The van der Waals surface area contributed by atoms with Gasteiger partial charge in [0, 0.05) is 17.6 Å². The van der Waals surface area contributed by atoms with Crippen molar-refractivity contribution in [3.8, 4) is 0 Å². The van der Waals surface area contributed by atoms with E-state index in [0.717, 1.165) is 4.31 Å². The predicted octanol–water partition coefficient (Wildman–Crippen LogP) is 0.413. The lowest BCUT2D eigenvalue weighted by molar-refractivity contribution is -0.141. The fourth-order valence-corrected chi connectivity index (χ4v) is 4.67. The van der Waals surface area contributed by atoms with Crippen LogP contribution in [0.3, 0.4) is 0 Å². The summed E-state index contributed by atoms with van der Waals surface area (Å²) in [6, 6.07) is 4.97. The molecule has 0 bridgehead atoms. The quantitative estimate of drug-likeness (QED) is 0.791. The highest BCUT2D eigenvalue weighted by Crippen LogP contribution is 2.27. The standard InChI is InChI=1S/C12H13BrN2O5S/c13-8-3-1-2-4-10(8)21(19,20)15-6-5-14-12(18)9(15)7-11(16)17/h1-4,9H,5-7H2,(H,14,18)(H,16,17). The number of carboxylic acid groups (broad SMARTS) is 1. The lowest BCUT2D eigenvalue weighted by Crippen LogP contribution is -2.57. The zero-order valence-corrected chi connectivity index (χ0v) is 13.2. The van der Waals surface area contributed by atoms with Gasteiger partial charge in [0.1, 0.15) is 6.04 Å². The third-order valence-electron chi connectivity index (χ3n) is 3.07. The van der Waals surface area contributed by atoms with Crippen molar-refractivity contribution in [1.29, 1.82) is 0 Å². The molecule has 1 atom stereocenters. The first-order valence-electron chi connectivity index (χ1n) is 6.10. The molecular weight excluding hydrogens is 364 g/mol. The Hall–Kier alpha value is -1.45. The predicted molar refractivity (Wildman–Crippen MR) is 77.1 cm³/mol. The molecule has 21 heavy (non-hydrogen) atoms. The van der Waals surface area contributed by atoms with Crippen LogP contribution in [0.2, 0.25) is 0 Å². The van der Waals surface area contributed by atoms with Gasteiger partial charge in [-0.1, -0.05) is 12.1 Å². The van der Waals surface area contributed by atoms with Crippen molar-refractivity contribution < 1.29 is 23.1 Å². The van der Waals surface area contributed by atoms with Gasteiger partial charge in [-0.15, -0.1) is 0 Å². The van der Waals surface area contributed by atoms with Gasteiger partial charge in [-0.3, -0.25) is 9.59 Å². The van der Waals surface area contributed by atoms with Gasteiger partial charge in [0.05, 0.1) is 11.3 Å². The Morgan fingerprint density at radius 1 is 1.43 bits per heavy atom. The lowest BCUT2D eigenvalue weighted by Gasteiger charge is -2.33. The van der Waals surface area contributed by atoms with E-state index in [1.165, 1.54) is 6.07 Å². The van der Waals surface area contributed by atoms with E-state index in [1.807, 2.05) is 0 Å². The average molecular weight is 377 g/mol. The van der Waals surface area contributed by atoms with Crippen molar-refractivity contribution in [2.45, 2.75) is 17.4 Å². The van der Waals surface area contributed by atoms with Crippen molar-refractivity contribution in [1.82, 2.24) is 9.62 Å². The summed E-state index contributed by atoms with van der Waals surface area (Å²) in [4.78, 5) is 22.7. The number of sulfonamides is 1. The summed E-state index contributed by atoms with van der Waals surface area (Å²) in [5, 5.41) is 11.4. The number of hydrogen-bond donors (Lipinski definition) is 2. The molecule has 1 fully saturated rings. The van der Waals surface area contributed by atoms with Crippen LogP contribution in [-0.2, 0) is 19.6 Å². The second-order valence-electron chi connectivity index (χ2n) is 4.45. The Morgan fingerprint density at radius 3 is 2.71 bits per heavy atom. The molecule has 7 nitrogen and oxygen atoms in total. The molecule has 9 heteroatoms. The van der Waals surface area contributed by atoms with E-state index in [4.69, 9.17) is 5.11 Å². The van der Waals surface area contributed by atoms with Gasteiger partial charge in [0.2, 0.25) is 15.9 Å². The van der Waals surface area contributed by atoms with Crippen LogP contribution in [0, 0.1) is 0 Å². The van der Waals surface area contributed by atoms with E-state index < -0.39 is 34.4 Å². The molecule has 1 heterocycles. The van der Waals surface area contributed by atoms with Gasteiger partial charge in [-0.2, -0.15) is 4.31 Å². The number of halogens is 1. The Morgan fingerprint density at radius 2 is 2.10 bits per heavy atom. The molecule has 0 radical (unpaired) electrons. The second-order valence-corrected chi connectivity index (χ2v) is 7.16. The molecule has 0 spiro atoms. The van der Waals surface area contributed by atoms with Gasteiger partial charge in [0.15, 0.2) is 0 Å². The largest absolute Gasteiger partial charge is 0.481 e. The average Bonchev–Trinajstić information content (AvgIpc) is 2.40. The number of carboxylic acids is 1. The van der Waals surface area contributed by atoms with E-state index in [9.17, 15) is 18.0 Å². The van der Waals surface area contributed by atoms with Crippen LogP contribution in [0.4, 0.5) is 0 Å². The zero-order valence-electron chi connectivity index (χ0n) is 10.8. The fourth-order valence-electron chi connectivity index (χ4n) is 2.12. The molecule has 1 saturated heterocycles. The van der Waals surface area contributed by atoms with Crippen molar-refractivity contribution in [2.75, 3.05) is 13.1 Å². The zero-order chi connectivity index (χ0) is 15.6. The fraction of sp³-hybridized carbons (Fsp3) is 0.333.